The van der Waals surface area contributed by atoms with Gasteiger partial charge in [0, 0.05) is 12.5 Å². The molecular formula is C13H18BrNO3. The van der Waals surface area contributed by atoms with E-state index in [1.165, 1.54) is 7.11 Å². The SMILES string of the molecule is COc1ccc(C(=O)CCC(C)N)c(OC)c1Br. The van der Waals surface area contributed by atoms with E-state index in [2.05, 4.69) is 15.9 Å². The molecule has 1 rings (SSSR count). The Kier molecular flexibility index (Phi) is 5.62. The number of carbonyl (C=O) groups excluding carboxylic acids is 1. The van der Waals surface area contributed by atoms with Crippen LogP contribution in [0.15, 0.2) is 16.6 Å². The highest BCUT2D eigenvalue weighted by molar-refractivity contribution is 9.10. The molecule has 0 saturated carbocycles. The van der Waals surface area contributed by atoms with E-state index in [1.807, 2.05) is 6.92 Å². The first-order valence-corrected chi connectivity index (χ1v) is 6.49. The molecule has 0 heterocycles. The molecule has 0 aliphatic rings. The van der Waals surface area contributed by atoms with Crippen molar-refractivity contribution >= 4 is 21.7 Å². The monoisotopic (exact) mass is 315 g/mol. The maximum atomic E-state index is 12.1. The molecule has 100 valence electrons. The minimum atomic E-state index is 0.0154. The summed E-state index contributed by atoms with van der Waals surface area (Å²) >= 11 is 3.37. The van der Waals surface area contributed by atoms with E-state index in [0.29, 0.717) is 34.4 Å². The van der Waals surface area contributed by atoms with E-state index < -0.39 is 0 Å². The summed E-state index contributed by atoms with van der Waals surface area (Å²) in [5, 5.41) is 0. The third kappa shape index (κ3) is 3.46. The topological polar surface area (TPSA) is 61.5 Å². The van der Waals surface area contributed by atoms with Gasteiger partial charge in [-0.1, -0.05) is 0 Å². The van der Waals surface area contributed by atoms with E-state index in [9.17, 15) is 4.79 Å². The van der Waals surface area contributed by atoms with Crippen LogP contribution in [0.5, 0.6) is 11.5 Å². The highest BCUT2D eigenvalue weighted by atomic mass is 79.9. The van der Waals surface area contributed by atoms with Crippen molar-refractivity contribution in [2.75, 3.05) is 14.2 Å². The number of carbonyl (C=O) groups is 1. The van der Waals surface area contributed by atoms with Gasteiger partial charge in [-0.3, -0.25) is 4.79 Å². The van der Waals surface area contributed by atoms with Crippen molar-refractivity contribution in [2.45, 2.75) is 25.8 Å². The molecule has 18 heavy (non-hydrogen) atoms. The van der Waals surface area contributed by atoms with Crippen LogP contribution in [0.2, 0.25) is 0 Å². The summed E-state index contributed by atoms with van der Waals surface area (Å²) in [5.41, 5.74) is 6.20. The number of hydrogen-bond donors (Lipinski definition) is 1. The van der Waals surface area contributed by atoms with Crippen molar-refractivity contribution in [1.29, 1.82) is 0 Å². The minimum Gasteiger partial charge on any atom is -0.495 e. The van der Waals surface area contributed by atoms with Crippen molar-refractivity contribution in [3.05, 3.63) is 22.2 Å². The quantitative estimate of drug-likeness (QED) is 0.820. The van der Waals surface area contributed by atoms with Gasteiger partial charge in [-0.05, 0) is 41.4 Å². The average Bonchev–Trinajstić information content (AvgIpc) is 2.35. The number of nitrogens with two attached hydrogens (primary N) is 1. The number of halogens is 1. The number of methoxy groups -OCH3 is 2. The molecule has 1 unspecified atom stereocenters. The number of ether oxygens (including phenoxy) is 2. The van der Waals surface area contributed by atoms with Crippen LogP contribution in [0.3, 0.4) is 0 Å². The zero-order valence-electron chi connectivity index (χ0n) is 10.8. The Balaban J connectivity index is 3.02. The predicted octanol–water partition coefficient (Wildman–Crippen LogP) is 2.78. The number of rotatable bonds is 6. The summed E-state index contributed by atoms with van der Waals surface area (Å²) in [6, 6.07) is 3.47. The lowest BCUT2D eigenvalue weighted by atomic mass is 10.0. The van der Waals surface area contributed by atoms with E-state index in [1.54, 1.807) is 19.2 Å². The van der Waals surface area contributed by atoms with Crippen LogP contribution < -0.4 is 15.2 Å². The fourth-order valence-electron chi connectivity index (χ4n) is 1.61. The van der Waals surface area contributed by atoms with E-state index in [4.69, 9.17) is 15.2 Å². The molecule has 0 aliphatic heterocycles. The Morgan fingerprint density at radius 1 is 1.39 bits per heavy atom. The lowest BCUT2D eigenvalue weighted by Crippen LogP contribution is -2.16. The molecule has 2 N–H and O–H groups in total. The van der Waals surface area contributed by atoms with Gasteiger partial charge in [0.05, 0.1) is 19.8 Å². The van der Waals surface area contributed by atoms with Gasteiger partial charge < -0.3 is 15.2 Å². The van der Waals surface area contributed by atoms with Crippen molar-refractivity contribution in [2.24, 2.45) is 5.73 Å². The molecule has 0 aliphatic carbocycles. The third-order valence-electron chi connectivity index (χ3n) is 2.61. The molecule has 0 spiro atoms. The van der Waals surface area contributed by atoms with Crippen LogP contribution in [0.25, 0.3) is 0 Å². The number of ketones is 1. The van der Waals surface area contributed by atoms with Gasteiger partial charge in [0.1, 0.15) is 16.0 Å². The predicted molar refractivity (Wildman–Crippen MR) is 74.5 cm³/mol. The van der Waals surface area contributed by atoms with Gasteiger partial charge in [-0.15, -0.1) is 0 Å². The highest BCUT2D eigenvalue weighted by Crippen LogP contribution is 2.37. The first-order valence-electron chi connectivity index (χ1n) is 5.70. The number of Topliss-reactive ketones (excluding diaryl/α,β-unsaturated/α-hetero) is 1. The summed E-state index contributed by atoms with van der Waals surface area (Å²) < 4.78 is 11.1. The Hall–Kier alpha value is -1.07. The van der Waals surface area contributed by atoms with Crippen molar-refractivity contribution in [3.63, 3.8) is 0 Å². The third-order valence-corrected chi connectivity index (χ3v) is 3.36. The van der Waals surface area contributed by atoms with Crippen LogP contribution in [0.4, 0.5) is 0 Å². The van der Waals surface area contributed by atoms with Crippen LogP contribution >= 0.6 is 15.9 Å². The molecule has 0 bridgehead atoms. The van der Waals surface area contributed by atoms with Gasteiger partial charge in [-0.25, -0.2) is 0 Å². The number of benzene rings is 1. The van der Waals surface area contributed by atoms with Crippen LogP contribution in [-0.2, 0) is 0 Å². The Morgan fingerprint density at radius 2 is 2.06 bits per heavy atom. The Bertz CT molecular complexity index is 432. The summed E-state index contributed by atoms with van der Waals surface area (Å²) in [6.45, 7) is 1.88. The summed E-state index contributed by atoms with van der Waals surface area (Å²) in [7, 11) is 3.10. The molecule has 0 radical (unpaired) electrons. The van der Waals surface area contributed by atoms with E-state index in [-0.39, 0.29) is 11.8 Å². The van der Waals surface area contributed by atoms with Crippen molar-refractivity contribution in [3.8, 4) is 11.5 Å². The second-order valence-electron chi connectivity index (χ2n) is 4.10. The second kappa shape index (κ2) is 6.75. The van der Waals surface area contributed by atoms with Gasteiger partial charge in [0.15, 0.2) is 5.78 Å². The second-order valence-corrected chi connectivity index (χ2v) is 4.89. The van der Waals surface area contributed by atoms with Gasteiger partial charge in [0.2, 0.25) is 0 Å². The minimum absolute atomic E-state index is 0.0154. The lowest BCUT2D eigenvalue weighted by molar-refractivity contribution is 0.0975. The van der Waals surface area contributed by atoms with Crippen LogP contribution in [-0.4, -0.2) is 26.0 Å². The summed E-state index contributed by atoms with van der Waals surface area (Å²) in [4.78, 5) is 12.1. The lowest BCUT2D eigenvalue weighted by Gasteiger charge is -2.13. The van der Waals surface area contributed by atoms with Crippen LogP contribution in [0, 0.1) is 0 Å². The summed E-state index contributed by atoms with van der Waals surface area (Å²) in [6.07, 6.45) is 1.07. The van der Waals surface area contributed by atoms with Gasteiger partial charge >= 0.3 is 0 Å². The molecule has 4 nitrogen and oxygen atoms in total. The standard InChI is InChI=1S/C13H18BrNO3/c1-8(15)4-6-10(16)9-5-7-11(17-2)12(14)13(9)18-3/h5,7-8H,4,6,15H2,1-3H3. The smallest absolute Gasteiger partial charge is 0.166 e. The zero-order valence-corrected chi connectivity index (χ0v) is 12.4. The van der Waals surface area contributed by atoms with Gasteiger partial charge in [0.25, 0.3) is 0 Å². The molecule has 1 atom stereocenters. The fraction of sp³-hybridized carbons (Fsp3) is 0.462. The molecule has 1 aromatic rings. The maximum Gasteiger partial charge on any atom is 0.166 e. The molecule has 0 saturated heterocycles. The highest BCUT2D eigenvalue weighted by Gasteiger charge is 2.18. The summed E-state index contributed by atoms with van der Waals surface area (Å²) in [5.74, 6) is 1.16. The normalized spacial score (nSPS) is 12.1. The van der Waals surface area contributed by atoms with Gasteiger partial charge in [-0.2, -0.15) is 0 Å². The molecular weight excluding hydrogens is 298 g/mol. The van der Waals surface area contributed by atoms with Crippen LogP contribution in [0.1, 0.15) is 30.1 Å². The first kappa shape index (κ1) is 15.0. The molecule has 0 aromatic heterocycles. The van der Waals surface area contributed by atoms with E-state index in [0.717, 1.165) is 0 Å². The Morgan fingerprint density at radius 3 is 2.56 bits per heavy atom. The maximum absolute atomic E-state index is 12.1. The molecule has 0 amide bonds. The number of hydrogen-bond acceptors (Lipinski definition) is 4. The molecule has 1 aromatic carbocycles. The molecule has 0 fully saturated rings. The zero-order chi connectivity index (χ0) is 13.7. The Labute approximate surface area is 116 Å². The van der Waals surface area contributed by atoms with Crippen molar-refractivity contribution in [1.82, 2.24) is 0 Å². The van der Waals surface area contributed by atoms with Crippen molar-refractivity contribution < 1.29 is 14.3 Å². The largest absolute Gasteiger partial charge is 0.495 e. The average molecular weight is 316 g/mol. The molecule has 5 heteroatoms. The first-order chi connectivity index (χ1) is 8.51. The van der Waals surface area contributed by atoms with E-state index >= 15 is 0 Å². The fourth-order valence-corrected chi connectivity index (χ4v) is 2.28.